The molecule has 1 atom stereocenters. The third-order valence-corrected chi connectivity index (χ3v) is 7.37. The molecule has 0 amide bonds. The molecule has 4 rings (SSSR count). The molecular formula is C24H12Cl5FN2O4. The first-order valence-electron chi connectivity index (χ1n) is 9.94. The maximum atomic E-state index is 13.4. The topological polar surface area (TPSA) is 94.6 Å². The summed E-state index contributed by atoms with van der Waals surface area (Å²) in [6.07, 6.45) is 0. The molecule has 12 heteroatoms. The first-order valence-corrected chi connectivity index (χ1v) is 11.8. The van der Waals surface area contributed by atoms with Crippen LogP contribution in [0.4, 0.5) is 4.39 Å². The predicted octanol–water partition coefficient (Wildman–Crippen LogP) is 7.30. The summed E-state index contributed by atoms with van der Waals surface area (Å²) < 4.78 is 29.7. The Morgan fingerprint density at radius 1 is 1.00 bits per heavy atom. The number of hydrogen-bond acceptors (Lipinski definition) is 6. The van der Waals surface area contributed by atoms with Gasteiger partial charge in [-0.3, -0.25) is 0 Å². The summed E-state index contributed by atoms with van der Waals surface area (Å²) in [5.41, 5.74) is 7.34. The van der Waals surface area contributed by atoms with Gasteiger partial charge in [0, 0.05) is 11.6 Å². The number of hydrogen-bond donors (Lipinski definition) is 1. The fourth-order valence-corrected chi connectivity index (χ4v) is 4.73. The minimum Gasteiger partial charge on any atom is -0.479 e. The van der Waals surface area contributed by atoms with Gasteiger partial charge in [-0.05, 0) is 23.8 Å². The second kappa shape index (κ2) is 10.6. The van der Waals surface area contributed by atoms with Gasteiger partial charge in [0.25, 0.3) is 0 Å². The lowest BCUT2D eigenvalue weighted by atomic mass is 9.83. The van der Waals surface area contributed by atoms with Crippen LogP contribution in [-0.2, 0) is 4.79 Å². The smallest absolute Gasteiger partial charge is 0.349 e. The number of nitrogens with two attached hydrogens (primary N) is 1. The molecule has 0 aromatic heterocycles. The van der Waals surface area contributed by atoms with Crippen molar-refractivity contribution in [1.29, 1.82) is 5.26 Å². The van der Waals surface area contributed by atoms with E-state index < -0.39 is 24.3 Å². The van der Waals surface area contributed by atoms with E-state index in [1.54, 1.807) is 18.2 Å². The van der Waals surface area contributed by atoms with Crippen LogP contribution in [0, 0.1) is 17.1 Å². The summed E-state index contributed by atoms with van der Waals surface area (Å²) >= 11 is 30.1. The molecule has 1 unspecified atom stereocenters. The average Bonchev–Trinajstić information content (AvgIpc) is 2.86. The van der Waals surface area contributed by atoms with E-state index in [-0.39, 0.29) is 53.8 Å². The molecule has 1 heterocycles. The first kappa shape index (κ1) is 26.2. The normalized spacial score (nSPS) is 14.5. The molecule has 2 N–H and O–H groups in total. The van der Waals surface area contributed by atoms with Crippen LogP contribution in [0.25, 0.3) is 0 Å². The van der Waals surface area contributed by atoms with E-state index in [2.05, 4.69) is 0 Å². The van der Waals surface area contributed by atoms with Gasteiger partial charge in [0.15, 0.2) is 12.4 Å². The zero-order valence-electron chi connectivity index (χ0n) is 17.8. The Hall–Kier alpha value is -2.86. The van der Waals surface area contributed by atoms with Crippen molar-refractivity contribution in [3.8, 4) is 23.3 Å². The minimum absolute atomic E-state index is 0.0517. The van der Waals surface area contributed by atoms with Crippen LogP contribution in [0.1, 0.15) is 17.0 Å². The highest BCUT2D eigenvalue weighted by molar-refractivity contribution is 6.55. The van der Waals surface area contributed by atoms with E-state index in [1.807, 2.05) is 6.07 Å². The highest BCUT2D eigenvalue weighted by Gasteiger charge is 2.31. The highest BCUT2D eigenvalue weighted by atomic mass is 35.5. The molecule has 6 nitrogen and oxygen atoms in total. The molecule has 3 aromatic rings. The van der Waals surface area contributed by atoms with E-state index in [0.29, 0.717) is 11.1 Å². The molecule has 1 aliphatic heterocycles. The molecule has 36 heavy (non-hydrogen) atoms. The van der Waals surface area contributed by atoms with Gasteiger partial charge >= 0.3 is 5.97 Å². The number of nitrogens with zero attached hydrogens (tertiary/aromatic N) is 1. The number of carbonyl (C=O) groups is 1. The number of ether oxygens (including phenoxy) is 3. The molecule has 0 fully saturated rings. The van der Waals surface area contributed by atoms with Crippen molar-refractivity contribution >= 4 is 64.0 Å². The summed E-state index contributed by atoms with van der Waals surface area (Å²) in [4.78, 5) is 12.4. The van der Waals surface area contributed by atoms with Gasteiger partial charge in [0.05, 0.1) is 21.0 Å². The second-order valence-electron chi connectivity index (χ2n) is 7.34. The fraction of sp³-hybridized carbons (Fsp3) is 0.0833. The molecule has 0 spiro atoms. The Kier molecular flexibility index (Phi) is 7.74. The number of allylic oxidation sites excluding steroid dienone is 1. The fourth-order valence-electron chi connectivity index (χ4n) is 3.50. The van der Waals surface area contributed by atoms with E-state index >= 15 is 0 Å². The molecular weight excluding hydrogens is 577 g/mol. The number of nitriles is 1. The number of rotatable bonds is 5. The largest absolute Gasteiger partial charge is 0.479 e. The molecule has 0 saturated heterocycles. The van der Waals surface area contributed by atoms with Gasteiger partial charge in [-0.25, -0.2) is 9.18 Å². The van der Waals surface area contributed by atoms with Crippen molar-refractivity contribution in [2.75, 3.05) is 6.61 Å². The number of fused-ring (bicyclic) bond motifs is 1. The van der Waals surface area contributed by atoms with Crippen molar-refractivity contribution < 1.29 is 23.4 Å². The maximum Gasteiger partial charge on any atom is 0.349 e. The number of halogens is 6. The van der Waals surface area contributed by atoms with E-state index in [1.165, 1.54) is 24.3 Å². The van der Waals surface area contributed by atoms with Crippen LogP contribution in [0.2, 0.25) is 25.1 Å². The van der Waals surface area contributed by atoms with Crippen LogP contribution in [0.3, 0.4) is 0 Å². The Morgan fingerprint density at radius 2 is 1.61 bits per heavy atom. The van der Waals surface area contributed by atoms with Crippen LogP contribution in [0.5, 0.6) is 17.2 Å². The third-order valence-electron chi connectivity index (χ3n) is 5.13. The lowest BCUT2D eigenvalue weighted by molar-refractivity contribution is -0.136. The van der Waals surface area contributed by atoms with E-state index in [0.717, 1.165) is 0 Å². The van der Waals surface area contributed by atoms with Gasteiger partial charge in [0.1, 0.15) is 39.0 Å². The predicted molar refractivity (Wildman–Crippen MR) is 135 cm³/mol. The first-order chi connectivity index (χ1) is 17.1. The summed E-state index contributed by atoms with van der Waals surface area (Å²) in [5.74, 6) is -1.71. The van der Waals surface area contributed by atoms with Gasteiger partial charge < -0.3 is 19.9 Å². The standard InChI is InChI=1S/C24H12Cl5FN2O4/c25-18-19(26)21(28)23(22(29)20(18)27)34-9-16(33)35-12-5-6-13-15(7-12)36-24(32)14(8-31)17(13)10-1-3-11(30)4-2-10/h1-7,17H,9,32H2. The molecule has 0 radical (unpaired) electrons. The zero-order chi connectivity index (χ0) is 26.1. The molecule has 1 aliphatic rings. The summed E-state index contributed by atoms with van der Waals surface area (Å²) in [5, 5.41) is 9.17. The number of benzene rings is 3. The summed E-state index contributed by atoms with van der Waals surface area (Å²) in [7, 11) is 0. The number of carbonyl (C=O) groups excluding carboxylic acids is 1. The average molecular weight is 589 g/mol. The summed E-state index contributed by atoms with van der Waals surface area (Å²) in [6.45, 7) is -0.593. The maximum absolute atomic E-state index is 13.4. The lowest BCUT2D eigenvalue weighted by Crippen LogP contribution is -2.21. The van der Waals surface area contributed by atoms with Crippen molar-refractivity contribution in [1.82, 2.24) is 0 Å². The van der Waals surface area contributed by atoms with Gasteiger partial charge in [-0.1, -0.05) is 76.2 Å². The molecule has 0 aliphatic carbocycles. The van der Waals surface area contributed by atoms with Crippen LogP contribution < -0.4 is 19.9 Å². The lowest BCUT2D eigenvalue weighted by Gasteiger charge is -2.26. The Morgan fingerprint density at radius 3 is 2.22 bits per heavy atom. The Balaban J connectivity index is 1.55. The van der Waals surface area contributed by atoms with Crippen molar-refractivity contribution in [3.63, 3.8) is 0 Å². The van der Waals surface area contributed by atoms with Gasteiger partial charge in [0.2, 0.25) is 5.88 Å². The quantitative estimate of drug-likeness (QED) is 0.146. The van der Waals surface area contributed by atoms with Crippen LogP contribution in [0.15, 0.2) is 53.9 Å². The monoisotopic (exact) mass is 586 g/mol. The molecule has 0 saturated carbocycles. The van der Waals surface area contributed by atoms with Crippen molar-refractivity contribution in [3.05, 3.63) is 96.0 Å². The minimum atomic E-state index is -0.809. The molecule has 0 bridgehead atoms. The van der Waals surface area contributed by atoms with E-state index in [9.17, 15) is 14.4 Å². The highest BCUT2D eigenvalue weighted by Crippen LogP contribution is 2.48. The van der Waals surface area contributed by atoms with Crippen LogP contribution >= 0.6 is 58.0 Å². The number of esters is 1. The molecule has 184 valence electrons. The second-order valence-corrected chi connectivity index (χ2v) is 9.23. The zero-order valence-corrected chi connectivity index (χ0v) is 21.5. The SMILES string of the molecule is N#CC1=C(N)Oc2cc(OC(=O)COc3c(Cl)c(Cl)c(Cl)c(Cl)c3Cl)ccc2C1c1ccc(F)cc1. The Labute approximate surface area is 229 Å². The molecule has 3 aromatic carbocycles. The Bertz CT molecular complexity index is 1430. The van der Waals surface area contributed by atoms with Crippen molar-refractivity contribution in [2.24, 2.45) is 5.73 Å². The van der Waals surface area contributed by atoms with Crippen molar-refractivity contribution in [2.45, 2.75) is 5.92 Å². The third kappa shape index (κ3) is 5.01. The summed E-state index contributed by atoms with van der Waals surface area (Å²) in [6, 6.07) is 12.3. The van der Waals surface area contributed by atoms with E-state index in [4.69, 9.17) is 77.9 Å². The van der Waals surface area contributed by atoms with Gasteiger partial charge in [-0.15, -0.1) is 0 Å². The van der Waals surface area contributed by atoms with Crippen LogP contribution in [-0.4, -0.2) is 12.6 Å². The van der Waals surface area contributed by atoms with Gasteiger partial charge in [-0.2, -0.15) is 5.26 Å².